The second-order valence-corrected chi connectivity index (χ2v) is 7.50. The van der Waals surface area contributed by atoms with E-state index >= 15 is 0 Å². The number of carbonyl (C=O) groups excluding carboxylic acids is 1. The zero-order valence-corrected chi connectivity index (χ0v) is 16.9. The number of halogens is 2. The Morgan fingerprint density at radius 1 is 1.04 bits per heavy atom. The number of anilines is 1. The van der Waals surface area contributed by atoms with Gasteiger partial charge in [-0.05, 0) is 31.2 Å². The van der Waals surface area contributed by atoms with E-state index in [1.165, 1.54) is 0 Å². The van der Waals surface area contributed by atoms with Crippen LogP contribution in [-0.4, -0.2) is 51.8 Å². The molecule has 0 aliphatic carbocycles. The van der Waals surface area contributed by atoms with Crippen LogP contribution in [0.4, 0.5) is 5.82 Å². The topological polar surface area (TPSA) is 54.3 Å². The molecule has 1 aliphatic rings. The molecule has 144 valence electrons. The monoisotopic (exact) mass is 415 g/mol. The molecule has 1 fully saturated rings. The van der Waals surface area contributed by atoms with Gasteiger partial charge in [-0.15, -0.1) is 0 Å². The second kappa shape index (κ2) is 7.81. The SMILES string of the molecule is Cc1cc(C(=O)N2CCN(c3ncc(Cl)cc3Cl)CC2)nn1-c1ccccc1. The predicted molar refractivity (Wildman–Crippen MR) is 111 cm³/mol. The van der Waals surface area contributed by atoms with Gasteiger partial charge in [0.1, 0.15) is 5.82 Å². The Morgan fingerprint density at radius 2 is 1.75 bits per heavy atom. The first kappa shape index (κ1) is 18.8. The van der Waals surface area contributed by atoms with Crippen LogP contribution in [0.3, 0.4) is 0 Å². The van der Waals surface area contributed by atoms with E-state index in [1.807, 2.05) is 48.2 Å². The Hall–Kier alpha value is -2.57. The summed E-state index contributed by atoms with van der Waals surface area (Å²) in [6.45, 7) is 4.41. The highest BCUT2D eigenvalue weighted by atomic mass is 35.5. The largest absolute Gasteiger partial charge is 0.352 e. The van der Waals surface area contributed by atoms with Gasteiger partial charge in [-0.1, -0.05) is 41.4 Å². The van der Waals surface area contributed by atoms with E-state index in [0.717, 1.165) is 11.4 Å². The fraction of sp³-hybridized carbons (Fsp3) is 0.250. The number of aryl methyl sites for hydroxylation is 1. The van der Waals surface area contributed by atoms with Crippen molar-refractivity contribution in [1.82, 2.24) is 19.7 Å². The lowest BCUT2D eigenvalue weighted by molar-refractivity contribution is 0.0740. The van der Waals surface area contributed by atoms with E-state index in [1.54, 1.807) is 16.9 Å². The van der Waals surface area contributed by atoms with Crippen LogP contribution in [0.5, 0.6) is 0 Å². The van der Waals surface area contributed by atoms with Gasteiger partial charge in [-0.3, -0.25) is 4.79 Å². The molecule has 6 nitrogen and oxygen atoms in total. The molecule has 0 N–H and O–H groups in total. The van der Waals surface area contributed by atoms with E-state index in [-0.39, 0.29) is 5.91 Å². The minimum atomic E-state index is -0.0624. The van der Waals surface area contributed by atoms with Gasteiger partial charge < -0.3 is 9.80 Å². The summed E-state index contributed by atoms with van der Waals surface area (Å²) in [4.78, 5) is 21.1. The number of amides is 1. The van der Waals surface area contributed by atoms with E-state index in [2.05, 4.69) is 15.0 Å². The summed E-state index contributed by atoms with van der Waals surface area (Å²) in [5, 5.41) is 5.54. The molecule has 0 saturated carbocycles. The average Bonchev–Trinajstić information content (AvgIpc) is 3.10. The Kier molecular flexibility index (Phi) is 5.24. The minimum absolute atomic E-state index is 0.0624. The fourth-order valence-electron chi connectivity index (χ4n) is 3.33. The zero-order valence-electron chi connectivity index (χ0n) is 15.3. The number of nitrogens with zero attached hydrogens (tertiary/aromatic N) is 5. The van der Waals surface area contributed by atoms with Crippen LogP contribution in [0.2, 0.25) is 10.0 Å². The number of piperazine rings is 1. The number of rotatable bonds is 3. The maximum absolute atomic E-state index is 12.9. The van der Waals surface area contributed by atoms with Crippen LogP contribution >= 0.6 is 23.2 Å². The lowest BCUT2D eigenvalue weighted by atomic mass is 10.2. The standard InChI is InChI=1S/C20H19Cl2N5O/c1-14-11-18(24-27(14)16-5-3-2-4-6-16)20(28)26-9-7-25(8-10-26)19-17(22)12-15(21)13-23-19/h2-6,11-13H,7-10H2,1H3. The van der Waals surface area contributed by atoms with Crippen molar-refractivity contribution in [2.24, 2.45) is 0 Å². The lowest BCUT2D eigenvalue weighted by Crippen LogP contribution is -2.49. The Labute approximate surface area is 173 Å². The molecule has 3 heterocycles. The van der Waals surface area contributed by atoms with Gasteiger partial charge >= 0.3 is 0 Å². The number of para-hydroxylation sites is 1. The summed E-state index contributed by atoms with van der Waals surface area (Å²) in [5.74, 6) is 0.634. The van der Waals surface area contributed by atoms with Crippen molar-refractivity contribution >= 4 is 34.9 Å². The van der Waals surface area contributed by atoms with E-state index in [9.17, 15) is 4.79 Å². The molecule has 8 heteroatoms. The number of pyridine rings is 1. The van der Waals surface area contributed by atoms with Crippen LogP contribution in [0.1, 0.15) is 16.2 Å². The van der Waals surface area contributed by atoms with Crippen LogP contribution in [-0.2, 0) is 0 Å². The molecule has 0 bridgehead atoms. The van der Waals surface area contributed by atoms with E-state index in [4.69, 9.17) is 23.2 Å². The maximum Gasteiger partial charge on any atom is 0.274 e. The molecule has 1 amide bonds. The maximum atomic E-state index is 12.9. The van der Waals surface area contributed by atoms with Crippen molar-refractivity contribution in [3.8, 4) is 5.69 Å². The summed E-state index contributed by atoms with van der Waals surface area (Å²) < 4.78 is 1.79. The van der Waals surface area contributed by atoms with Crippen LogP contribution in [0.25, 0.3) is 5.69 Å². The molecular weight excluding hydrogens is 397 g/mol. The molecule has 4 rings (SSSR count). The summed E-state index contributed by atoms with van der Waals surface area (Å²) >= 11 is 12.2. The van der Waals surface area contributed by atoms with Crippen LogP contribution in [0.15, 0.2) is 48.7 Å². The molecule has 0 radical (unpaired) electrons. The third-order valence-corrected chi connectivity index (χ3v) is 5.25. The van der Waals surface area contributed by atoms with Gasteiger partial charge in [0.2, 0.25) is 0 Å². The molecule has 0 atom stereocenters. The molecule has 1 saturated heterocycles. The summed E-state index contributed by atoms with van der Waals surface area (Å²) in [6.07, 6.45) is 1.58. The molecule has 2 aromatic heterocycles. The first-order chi connectivity index (χ1) is 13.5. The quantitative estimate of drug-likeness (QED) is 0.651. The minimum Gasteiger partial charge on any atom is -0.352 e. The molecule has 3 aromatic rings. The second-order valence-electron chi connectivity index (χ2n) is 6.66. The van der Waals surface area contributed by atoms with Gasteiger partial charge in [-0.2, -0.15) is 5.10 Å². The summed E-state index contributed by atoms with van der Waals surface area (Å²) in [7, 11) is 0. The number of hydrogen-bond donors (Lipinski definition) is 0. The molecule has 1 aromatic carbocycles. The van der Waals surface area contributed by atoms with Gasteiger partial charge in [0.05, 0.1) is 15.7 Å². The highest BCUT2D eigenvalue weighted by Gasteiger charge is 2.26. The van der Waals surface area contributed by atoms with Crippen molar-refractivity contribution < 1.29 is 4.79 Å². The predicted octanol–water partition coefficient (Wildman–Crippen LogP) is 3.84. The normalized spacial score (nSPS) is 14.4. The van der Waals surface area contributed by atoms with Crippen LogP contribution < -0.4 is 4.90 Å². The Balaban J connectivity index is 1.46. The first-order valence-electron chi connectivity index (χ1n) is 9.00. The Bertz CT molecular complexity index is 997. The van der Waals surface area contributed by atoms with Crippen LogP contribution in [0, 0.1) is 6.92 Å². The third-order valence-electron chi connectivity index (χ3n) is 4.76. The van der Waals surface area contributed by atoms with Gasteiger partial charge in [-0.25, -0.2) is 9.67 Å². The average molecular weight is 416 g/mol. The van der Waals surface area contributed by atoms with Gasteiger partial charge in [0.25, 0.3) is 5.91 Å². The van der Waals surface area contributed by atoms with Crippen molar-refractivity contribution in [1.29, 1.82) is 0 Å². The zero-order chi connectivity index (χ0) is 19.7. The van der Waals surface area contributed by atoms with Crippen molar-refractivity contribution in [2.75, 3.05) is 31.1 Å². The smallest absolute Gasteiger partial charge is 0.274 e. The highest BCUT2D eigenvalue weighted by molar-refractivity contribution is 6.36. The number of hydrogen-bond acceptors (Lipinski definition) is 4. The molecule has 0 unspecified atom stereocenters. The van der Waals surface area contributed by atoms with Gasteiger partial charge in [0.15, 0.2) is 5.69 Å². The molecule has 28 heavy (non-hydrogen) atoms. The molecule has 1 aliphatic heterocycles. The van der Waals surface area contributed by atoms with Crippen molar-refractivity contribution in [3.05, 3.63) is 70.1 Å². The number of aromatic nitrogens is 3. The summed E-state index contributed by atoms with van der Waals surface area (Å²) in [6, 6.07) is 13.3. The lowest BCUT2D eigenvalue weighted by Gasteiger charge is -2.35. The van der Waals surface area contributed by atoms with Crippen molar-refractivity contribution in [3.63, 3.8) is 0 Å². The first-order valence-corrected chi connectivity index (χ1v) is 9.76. The number of benzene rings is 1. The van der Waals surface area contributed by atoms with E-state index < -0.39 is 0 Å². The number of carbonyl (C=O) groups is 1. The van der Waals surface area contributed by atoms with E-state index in [0.29, 0.717) is 47.7 Å². The highest BCUT2D eigenvalue weighted by Crippen LogP contribution is 2.27. The third kappa shape index (κ3) is 3.70. The molecule has 0 spiro atoms. The van der Waals surface area contributed by atoms with Crippen molar-refractivity contribution in [2.45, 2.75) is 6.92 Å². The van der Waals surface area contributed by atoms with Gasteiger partial charge in [0, 0.05) is 38.1 Å². The molecular formula is C20H19Cl2N5O. The Morgan fingerprint density at radius 3 is 2.43 bits per heavy atom. The summed E-state index contributed by atoms with van der Waals surface area (Å²) in [5.41, 5.74) is 2.31. The fourth-order valence-corrected chi connectivity index (χ4v) is 3.83.